The third-order valence-electron chi connectivity index (χ3n) is 3.37. The summed E-state index contributed by atoms with van der Waals surface area (Å²) in [4.78, 5) is 12.2. The molecule has 4 atom stereocenters. The maximum Gasteiger partial charge on any atom is 0.165 e. The molecule has 2 aromatic rings. The van der Waals surface area contributed by atoms with Gasteiger partial charge in [0.05, 0.1) is 25.2 Å². The van der Waals surface area contributed by atoms with E-state index in [-0.39, 0.29) is 6.61 Å². The van der Waals surface area contributed by atoms with Gasteiger partial charge in [-0.1, -0.05) is 0 Å². The zero-order valence-corrected chi connectivity index (χ0v) is 11.9. The van der Waals surface area contributed by atoms with Gasteiger partial charge in [0.15, 0.2) is 11.9 Å². The Morgan fingerprint density at radius 3 is 2.95 bits per heavy atom. The Hall–Kier alpha value is -1.26. The van der Waals surface area contributed by atoms with E-state index in [2.05, 4.69) is 15.0 Å². The van der Waals surface area contributed by atoms with Crippen LogP contribution in [0.5, 0.6) is 0 Å². The first kappa shape index (κ1) is 14.7. The molecule has 3 N–H and O–H groups in total. The second-order valence-electron chi connectivity index (χ2n) is 4.73. The van der Waals surface area contributed by atoms with Crippen molar-refractivity contribution >= 4 is 22.9 Å². The highest BCUT2D eigenvalue weighted by atomic mass is 32.2. The Morgan fingerprint density at radius 1 is 1.29 bits per heavy atom. The van der Waals surface area contributed by atoms with Crippen molar-refractivity contribution in [1.82, 2.24) is 19.5 Å². The monoisotopic (exact) mass is 312 g/mol. The van der Waals surface area contributed by atoms with Crippen LogP contribution in [0.1, 0.15) is 6.23 Å². The van der Waals surface area contributed by atoms with Crippen LogP contribution in [-0.4, -0.2) is 71.3 Å². The lowest BCUT2D eigenvalue weighted by atomic mass is 10.1. The maximum atomic E-state index is 10.2. The minimum Gasteiger partial charge on any atom is -0.396 e. The van der Waals surface area contributed by atoms with E-state index >= 15 is 0 Å². The van der Waals surface area contributed by atoms with E-state index < -0.39 is 24.5 Å². The molecule has 0 unspecified atom stereocenters. The van der Waals surface area contributed by atoms with E-state index in [1.807, 2.05) is 0 Å². The minimum absolute atomic E-state index is 0.0720. The van der Waals surface area contributed by atoms with E-state index in [1.165, 1.54) is 24.4 Å². The largest absolute Gasteiger partial charge is 0.396 e. The molecule has 1 saturated heterocycles. The Morgan fingerprint density at radius 2 is 2.14 bits per heavy atom. The van der Waals surface area contributed by atoms with Gasteiger partial charge < -0.3 is 20.1 Å². The molecule has 8 nitrogen and oxygen atoms in total. The Labute approximate surface area is 124 Å². The van der Waals surface area contributed by atoms with Crippen LogP contribution >= 0.6 is 11.8 Å². The van der Waals surface area contributed by atoms with Crippen LogP contribution < -0.4 is 0 Å². The third-order valence-corrected chi connectivity index (χ3v) is 4.40. The number of aromatic nitrogens is 4. The number of hydrogen-bond donors (Lipinski definition) is 3. The summed E-state index contributed by atoms with van der Waals surface area (Å²) in [6.45, 7) is 0.0720. The average molecular weight is 312 g/mol. The number of fused-ring (bicyclic) bond motifs is 1. The molecule has 21 heavy (non-hydrogen) atoms. The summed E-state index contributed by atoms with van der Waals surface area (Å²) in [7, 11) is 0. The highest BCUT2D eigenvalue weighted by Gasteiger charge is 2.43. The molecule has 3 heterocycles. The van der Waals surface area contributed by atoms with Crippen molar-refractivity contribution in [3.63, 3.8) is 0 Å². The summed E-state index contributed by atoms with van der Waals surface area (Å²) in [5, 5.41) is 29.0. The van der Waals surface area contributed by atoms with Gasteiger partial charge in [0.2, 0.25) is 0 Å². The highest BCUT2D eigenvalue weighted by molar-refractivity contribution is 7.99. The van der Waals surface area contributed by atoms with Crippen molar-refractivity contribution in [3.8, 4) is 0 Å². The normalized spacial score (nSPS) is 29.3. The molecule has 0 aromatic carbocycles. The Bertz CT molecular complexity index is 610. The van der Waals surface area contributed by atoms with Crippen LogP contribution in [-0.2, 0) is 4.74 Å². The van der Waals surface area contributed by atoms with Crippen LogP contribution in [0.4, 0.5) is 0 Å². The van der Waals surface area contributed by atoms with Gasteiger partial charge in [-0.2, -0.15) is 11.8 Å². The molecule has 114 valence electrons. The molecular formula is C12H16N4O4S. The molecule has 9 heteroatoms. The summed E-state index contributed by atoms with van der Waals surface area (Å²) in [5.74, 6) is 1.06. The van der Waals surface area contributed by atoms with Gasteiger partial charge in [0.25, 0.3) is 0 Å². The quantitative estimate of drug-likeness (QED) is 0.613. The predicted octanol–water partition coefficient (Wildman–Crippen LogP) is -0.829. The van der Waals surface area contributed by atoms with Crippen LogP contribution in [0.2, 0.25) is 0 Å². The standard InChI is InChI=1S/C12H16N4O4S/c17-1-2-21-4-8-9(18)10(19)12(20-8)16-6-15-7-3-13-5-14-11(7)16/h3,5-6,8-10,12,17-19H,1-2,4H2/t8-,9-,10-,12-/m1/s1. The SMILES string of the molecule is OCCSC[C@H]1O[C@@H](n2cnc3cncnc32)[C@H](O)[C@@H]1O. The van der Waals surface area contributed by atoms with Gasteiger partial charge in [-0.3, -0.25) is 4.57 Å². The van der Waals surface area contributed by atoms with Crippen molar-refractivity contribution in [2.75, 3.05) is 18.1 Å². The molecule has 0 saturated carbocycles. The van der Waals surface area contributed by atoms with Crippen molar-refractivity contribution in [2.45, 2.75) is 24.5 Å². The van der Waals surface area contributed by atoms with E-state index in [4.69, 9.17) is 9.84 Å². The molecule has 1 fully saturated rings. The average Bonchev–Trinajstić information content (AvgIpc) is 3.04. The smallest absolute Gasteiger partial charge is 0.165 e. The molecule has 0 bridgehead atoms. The number of aliphatic hydroxyl groups is 3. The summed E-state index contributed by atoms with van der Waals surface area (Å²) < 4.78 is 7.34. The number of nitrogens with zero attached hydrogens (tertiary/aromatic N) is 4. The van der Waals surface area contributed by atoms with Crippen LogP contribution in [0.15, 0.2) is 18.9 Å². The summed E-state index contributed by atoms with van der Waals surface area (Å²) in [6.07, 6.45) is 1.21. The van der Waals surface area contributed by atoms with Crippen molar-refractivity contribution in [3.05, 3.63) is 18.9 Å². The van der Waals surface area contributed by atoms with E-state index in [9.17, 15) is 10.2 Å². The fourth-order valence-electron chi connectivity index (χ4n) is 2.33. The van der Waals surface area contributed by atoms with E-state index in [1.54, 1.807) is 10.8 Å². The number of ether oxygens (including phenoxy) is 1. The van der Waals surface area contributed by atoms with Gasteiger partial charge in [0, 0.05) is 11.5 Å². The lowest BCUT2D eigenvalue weighted by Gasteiger charge is -2.16. The fraction of sp³-hybridized carbons (Fsp3) is 0.583. The van der Waals surface area contributed by atoms with E-state index in [0.717, 1.165) is 0 Å². The first-order valence-electron chi connectivity index (χ1n) is 6.55. The molecule has 2 aromatic heterocycles. The van der Waals surface area contributed by atoms with Crippen LogP contribution in [0.25, 0.3) is 11.2 Å². The second-order valence-corrected chi connectivity index (χ2v) is 5.88. The number of aliphatic hydroxyl groups excluding tert-OH is 3. The van der Waals surface area contributed by atoms with Crippen molar-refractivity contribution in [1.29, 1.82) is 0 Å². The lowest BCUT2D eigenvalue weighted by Crippen LogP contribution is -2.32. The Kier molecular flexibility index (Phi) is 4.36. The fourth-order valence-corrected chi connectivity index (χ4v) is 3.14. The van der Waals surface area contributed by atoms with Gasteiger partial charge in [-0.25, -0.2) is 15.0 Å². The van der Waals surface area contributed by atoms with Crippen molar-refractivity contribution < 1.29 is 20.1 Å². The molecule has 0 spiro atoms. The molecular weight excluding hydrogens is 296 g/mol. The maximum absolute atomic E-state index is 10.2. The van der Waals surface area contributed by atoms with Gasteiger partial charge >= 0.3 is 0 Å². The number of hydrogen-bond acceptors (Lipinski definition) is 8. The molecule has 0 amide bonds. The first-order valence-corrected chi connectivity index (χ1v) is 7.70. The summed E-state index contributed by atoms with van der Waals surface area (Å²) >= 11 is 1.46. The zero-order valence-electron chi connectivity index (χ0n) is 11.1. The van der Waals surface area contributed by atoms with Gasteiger partial charge in [-0.15, -0.1) is 0 Å². The lowest BCUT2D eigenvalue weighted by molar-refractivity contribution is -0.0289. The van der Waals surface area contributed by atoms with E-state index in [0.29, 0.717) is 22.7 Å². The van der Waals surface area contributed by atoms with Gasteiger partial charge in [0.1, 0.15) is 24.1 Å². The molecule has 0 radical (unpaired) electrons. The summed E-state index contributed by atoms with van der Waals surface area (Å²) in [6, 6.07) is 0. The Balaban J connectivity index is 1.79. The topological polar surface area (TPSA) is 114 Å². The van der Waals surface area contributed by atoms with Crippen LogP contribution in [0.3, 0.4) is 0 Å². The third kappa shape index (κ3) is 2.74. The minimum atomic E-state index is -1.06. The highest BCUT2D eigenvalue weighted by Crippen LogP contribution is 2.32. The summed E-state index contributed by atoms with van der Waals surface area (Å²) in [5.41, 5.74) is 1.14. The molecule has 1 aliphatic rings. The van der Waals surface area contributed by atoms with Gasteiger partial charge in [-0.05, 0) is 0 Å². The van der Waals surface area contributed by atoms with Crippen LogP contribution in [0, 0.1) is 0 Å². The molecule has 0 aliphatic carbocycles. The number of rotatable bonds is 5. The molecule has 3 rings (SSSR count). The predicted molar refractivity (Wildman–Crippen MR) is 75.7 cm³/mol. The van der Waals surface area contributed by atoms with Crippen molar-refractivity contribution in [2.24, 2.45) is 0 Å². The number of imidazole rings is 1. The second kappa shape index (κ2) is 6.24. The zero-order chi connectivity index (χ0) is 14.8. The first-order chi connectivity index (χ1) is 10.2. The molecule has 1 aliphatic heterocycles. The number of thioether (sulfide) groups is 1.